The molecule has 0 amide bonds. The molecule has 0 unspecified atom stereocenters. The lowest BCUT2D eigenvalue weighted by Gasteiger charge is -2.07. The Labute approximate surface area is 122 Å². The van der Waals surface area contributed by atoms with Crippen molar-refractivity contribution in [3.63, 3.8) is 0 Å². The Balaban J connectivity index is 2.15. The molecule has 0 saturated heterocycles. The van der Waals surface area contributed by atoms with Crippen LogP contribution in [0, 0.1) is 0 Å². The zero-order valence-corrected chi connectivity index (χ0v) is 12.7. The minimum atomic E-state index is -3.64. The lowest BCUT2D eigenvalue weighted by molar-refractivity contribution is 0.598. The van der Waals surface area contributed by atoms with Gasteiger partial charge in [0, 0.05) is 23.8 Å². The molecule has 2 aromatic rings. The Kier molecular flexibility index (Phi) is 5.05. The molecule has 0 aliphatic carbocycles. The molecule has 2 N–H and O–H groups in total. The van der Waals surface area contributed by atoms with Gasteiger partial charge in [-0.05, 0) is 30.5 Å². The summed E-state index contributed by atoms with van der Waals surface area (Å²) in [5, 5.41) is 4.97. The molecule has 0 bridgehead atoms. The second-order valence-corrected chi connectivity index (χ2v) is 6.71. The summed E-state index contributed by atoms with van der Waals surface area (Å²) in [6.45, 7) is 3.46. The lowest BCUT2D eigenvalue weighted by atomic mass is 10.4. The number of rotatable bonds is 7. The van der Waals surface area contributed by atoms with E-state index < -0.39 is 10.0 Å². The van der Waals surface area contributed by atoms with Crippen molar-refractivity contribution in [3.05, 3.63) is 34.8 Å². The Morgan fingerprint density at radius 2 is 2.05 bits per heavy atom. The van der Waals surface area contributed by atoms with E-state index in [-0.39, 0.29) is 10.8 Å². The maximum absolute atomic E-state index is 12.3. The third kappa shape index (κ3) is 3.75. The van der Waals surface area contributed by atoms with Gasteiger partial charge < -0.3 is 5.32 Å². The molecule has 0 radical (unpaired) electrons. The van der Waals surface area contributed by atoms with Crippen LogP contribution in [0.3, 0.4) is 0 Å². The topological polar surface area (TPSA) is 84.0 Å². The van der Waals surface area contributed by atoms with Crippen LogP contribution in [-0.4, -0.2) is 24.9 Å². The first-order valence-corrected chi connectivity index (χ1v) is 8.56. The van der Waals surface area contributed by atoms with E-state index in [1.165, 1.54) is 23.7 Å². The summed E-state index contributed by atoms with van der Waals surface area (Å²) < 4.78 is 27.0. The van der Waals surface area contributed by atoms with Crippen LogP contribution in [0.15, 0.2) is 34.8 Å². The van der Waals surface area contributed by atoms with Crippen LogP contribution in [0.1, 0.15) is 18.2 Å². The molecule has 8 heteroatoms. The molecule has 6 nitrogen and oxygen atoms in total. The summed E-state index contributed by atoms with van der Waals surface area (Å²) in [6, 6.07) is 3.22. The number of nitrogens with zero attached hydrogens (tertiary/aromatic N) is 2. The SMILES string of the molecule is CCCNCc1sccc1S(=O)(=O)Nc1ncccn1. The maximum Gasteiger partial charge on any atom is 0.265 e. The van der Waals surface area contributed by atoms with E-state index in [2.05, 4.69) is 26.9 Å². The zero-order valence-electron chi connectivity index (χ0n) is 11.0. The fourth-order valence-corrected chi connectivity index (χ4v) is 3.98. The largest absolute Gasteiger partial charge is 0.312 e. The number of hydrogen-bond acceptors (Lipinski definition) is 6. The Bertz CT molecular complexity index is 640. The number of aromatic nitrogens is 2. The van der Waals surface area contributed by atoms with Gasteiger partial charge in [-0.2, -0.15) is 0 Å². The quantitative estimate of drug-likeness (QED) is 0.762. The summed E-state index contributed by atoms with van der Waals surface area (Å²) in [4.78, 5) is 8.79. The van der Waals surface area contributed by atoms with Crippen molar-refractivity contribution in [1.82, 2.24) is 15.3 Å². The predicted molar refractivity (Wildman–Crippen MR) is 79.2 cm³/mol. The van der Waals surface area contributed by atoms with Crippen LogP contribution in [0.25, 0.3) is 0 Å². The molecule has 0 aromatic carbocycles. The van der Waals surface area contributed by atoms with Crippen LogP contribution in [0.5, 0.6) is 0 Å². The second kappa shape index (κ2) is 6.78. The minimum absolute atomic E-state index is 0.0752. The molecule has 0 spiro atoms. The van der Waals surface area contributed by atoms with Gasteiger partial charge in [0.05, 0.1) is 0 Å². The predicted octanol–water partition coefficient (Wildman–Crippen LogP) is 1.84. The standard InChI is InChI=1S/C12H16N4O2S2/c1-2-5-13-9-10-11(4-8-19-10)20(17,18)16-12-14-6-3-7-15-12/h3-4,6-8,13H,2,5,9H2,1H3,(H,14,15,16). The van der Waals surface area contributed by atoms with Crippen LogP contribution in [0.2, 0.25) is 0 Å². The van der Waals surface area contributed by atoms with Crippen molar-refractivity contribution in [2.75, 3.05) is 11.3 Å². The molecule has 20 heavy (non-hydrogen) atoms. The van der Waals surface area contributed by atoms with Gasteiger partial charge in [0.25, 0.3) is 10.0 Å². The van der Waals surface area contributed by atoms with E-state index in [9.17, 15) is 8.42 Å². The Morgan fingerprint density at radius 1 is 1.30 bits per heavy atom. The molecule has 0 atom stereocenters. The molecular weight excluding hydrogens is 296 g/mol. The molecular formula is C12H16N4O2S2. The summed E-state index contributed by atoms with van der Waals surface area (Å²) >= 11 is 1.41. The van der Waals surface area contributed by atoms with Gasteiger partial charge in [0.2, 0.25) is 5.95 Å². The maximum atomic E-state index is 12.3. The van der Waals surface area contributed by atoms with Gasteiger partial charge in [-0.3, -0.25) is 0 Å². The Hall–Kier alpha value is -1.51. The number of sulfonamides is 1. The summed E-state index contributed by atoms with van der Waals surface area (Å²) in [6.07, 6.45) is 3.98. The first kappa shape index (κ1) is 14.9. The molecule has 0 aliphatic heterocycles. The van der Waals surface area contributed by atoms with Crippen molar-refractivity contribution in [3.8, 4) is 0 Å². The normalized spacial score (nSPS) is 11.4. The van der Waals surface area contributed by atoms with Crippen molar-refractivity contribution in [1.29, 1.82) is 0 Å². The van der Waals surface area contributed by atoms with Gasteiger partial charge in [0.1, 0.15) is 4.90 Å². The number of hydrogen-bond donors (Lipinski definition) is 2. The highest BCUT2D eigenvalue weighted by molar-refractivity contribution is 7.92. The first-order valence-electron chi connectivity index (χ1n) is 6.20. The summed E-state index contributed by atoms with van der Waals surface area (Å²) in [5.74, 6) is 0.0752. The molecule has 108 valence electrons. The van der Waals surface area contributed by atoms with E-state index in [1.54, 1.807) is 17.5 Å². The average molecular weight is 312 g/mol. The second-order valence-electron chi connectivity index (χ2n) is 4.06. The van der Waals surface area contributed by atoms with Crippen LogP contribution < -0.4 is 10.0 Å². The third-order valence-electron chi connectivity index (χ3n) is 2.50. The van der Waals surface area contributed by atoms with Crippen molar-refractivity contribution in [2.24, 2.45) is 0 Å². The van der Waals surface area contributed by atoms with Crippen LogP contribution in [-0.2, 0) is 16.6 Å². The average Bonchev–Trinajstić information content (AvgIpc) is 2.89. The smallest absolute Gasteiger partial charge is 0.265 e. The molecule has 2 heterocycles. The highest BCUT2D eigenvalue weighted by Crippen LogP contribution is 2.23. The van der Waals surface area contributed by atoms with Gasteiger partial charge in [-0.1, -0.05) is 6.92 Å². The molecule has 2 aromatic heterocycles. The van der Waals surface area contributed by atoms with E-state index in [0.29, 0.717) is 6.54 Å². The molecule has 0 aliphatic rings. The van der Waals surface area contributed by atoms with E-state index in [1.807, 2.05) is 0 Å². The van der Waals surface area contributed by atoms with Crippen molar-refractivity contribution < 1.29 is 8.42 Å². The van der Waals surface area contributed by atoms with Crippen LogP contribution in [0.4, 0.5) is 5.95 Å². The molecule has 0 saturated carbocycles. The fraction of sp³-hybridized carbons (Fsp3) is 0.333. The summed E-state index contributed by atoms with van der Waals surface area (Å²) in [5.41, 5.74) is 0. The van der Waals surface area contributed by atoms with E-state index in [4.69, 9.17) is 0 Å². The van der Waals surface area contributed by atoms with Crippen molar-refractivity contribution in [2.45, 2.75) is 24.8 Å². The summed E-state index contributed by atoms with van der Waals surface area (Å²) in [7, 11) is -3.64. The van der Waals surface area contributed by atoms with Gasteiger partial charge >= 0.3 is 0 Å². The van der Waals surface area contributed by atoms with Crippen LogP contribution >= 0.6 is 11.3 Å². The zero-order chi connectivity index (χ0) is 14.4. The molecule has 2 rings (SSSR count). The number of anilines is 1. The lowest BCUT2D eigenvalue weighted by Crippen LogP contribution is -2.18. The highest BCUT2D eigenvalue weighted by Gasteiger charge is 2.20. The van der Waals surface area contributed by atoms with Gasteiger partial charge in [-0.25, -0.2) is 23.1 Å². The third-order valence-corrected chi connectivity index (χ3v) is 4.96. The number of thiophene rings is 1. The Morgan fingerprint density at radius 3 is 2.75 bits per heavy atom. The van der Waals surface area contributed by atoms with E-state index >= 15 is 0 Å². The first-order chi connectivity index (χ1) is 9.63. The van der Waals surface area contributed by atoms with E-state index in [0.717, 1.165) is 17.8 Å². The molecule has 0 fully saturated rings. The number of nitrogens with one attached hydrogen (secondary N) is 2. The van der Waals surface area contributed by atoms with Crippen molar-refractivity contribution >= 4 is 27.3 Å². The highest BCUT2D eigenvalue weighted by atomic mass is 32.2. The minimum Gasteiger partial charge on any atom is -0.312 e. The monoisotopic (exact) mass is 312 g/mol. The fourth-order valence-electron chi connectivity index (χ4n) is 1.60. The van der Waals surface area contributed by atoms with Gasteiger partial charge in [0.15, 0.2) is 0 Å². The van der Waals surface area contributed by atoms with Gasteiger partial charge in [-0.15, -0.1) is 11.3 Å².